The first kappa shape index (κ1) is 14.9. The van der Waals surface area contributed by atoms with Crippen LogP contribution in [-0.2, 0) is 6.42 Å². The summed E-state index contributed by atoms with van der Waals surface area (Å²) in [4.78, 5) is 12.4. The standard InChI is InChI=1S/C15H13FN2O2S/c16-10-3-6-13(19)12(8-10)15(20)18-11-4-1-9(2-5-11)7-14(17)21/h1-6,8,19H,7H2,(H2,17,21)(H,18,20). The second kappa shape index (κ2) is 6.32. The molecule has 0 heterocycles. The van der Waals surface area contributed by atoms with Crippen molar-refractivity contribution in [3.63, 3.8) is 0 Å². The number of carbonyl (C=O) groups is 1. The zero-order chi connectivity index (χ0) is 15.4. The molecular weight excluding hydrogens is 291 g/mol. The number of carbonyl (C=O) groups excluding carboxylic acids is 1. The van der Waals surface area contributed by atoms with Crippen LogP contribution in [-0.4, -0.2) is 16.0 Å². The zero-order valence-corrected chi connectivity index (χ0v) is 11.8. The highest BCUT2D eigenvalue weighted by atomic mass is 32.1. The molecule has 0 saturated carbocycles. The molecule has 0 fully saturated rings. The van der Waals surface area contributed by atoms with Crippen molar-refractivity contribution in [2.75, 3.05) is 5.32 Å². The molecule has 0 unspecified atom stereocenters. The lowest BCUT2D eigenvalue weighted by atomic mass is 10.1. The van der Waals surface area contributed by atoms with E-state index in [1.54, 1.807) is 24.3 Å². The van der Waals surface area contributed by atoms with Gasteiger partial charge in [0.15, 0.2) is 0 Å². The van der Waals surface area contributed by atoms with E-state index in [1.807, 2.05) is 0 Å². The van der Waals surface area contributed by atoms with Crippen molar-refractivity contribution in [1.82, 2.24) is 0 Å². The molecule has 4 nitrogen and oxygen atoms in total. The van der Waals surface area contributed by atoms with Gasteiger partial charge in [-0.25, -0.2) is 4.39 Å². The van der Waals surface area contributed by atoms with Crippen molar-refractivity contribution in [1.29, 1.82) is 0 Å². The summed E-state index contributed by atoms with van der Waals surface area (Å²) in [5, 5.41) is 12.1. The molecule has 4 N–H and O–H groups in total. The second-order valence-corrected chi connectivity index (χ2v) is 4.98. The minimum Gasteiger partial charge on any atom is -0.507 e. The third-order valence-electron chi connectivity index (χ3n) is 2.79. The Bertz CT molecular complexity index is 687. The van der Waals surface area contributed by atoms with Crippen LogP contribution in [0.2, 0.25) is 0 Å². The van der Waals surface area contributed by atoms with Gasteiger partial charge in [-0.1, -0.05) is 24.4 Å². The van der Waals surface area contributed by atoms with E-state index in [9.17, 15) is 14.3 Å². The van der Waals surface area contributed by atoms with Crippen LogP contribution < -0.4 is 11.1 Å². The fourth-order valence-corrected chi connectivity index (χ4v) is 1.96. The smallest absolute Gasteiger partial charge is 0.259 e. The first-order chi connectivity index (χ1) is 9.95. The van der Waals surface area contributed by atoms with Crippen LogP contribution in [0.1, 0.15) is 15.9 Å². The molecule has 1 amide bonds. The van der Waals surface area contributed by atoms with Gasteiger partial charge in [-0.05, 0) is 35.9 Å². The van der Waals surface area contributed by atoms with Crippen LogP contribution in [0.3, 0.4) is 0 Å². The molecule has 0 atom stereocenters. The van der Waals surface area contributed by atoms with Crippen LogP contribution in [0.4, 0.5) is 10.1 Å². The molecule has 6 heteroatoms. The number of phenolic OH excluding ortho intramolecular Hbond substituents is 1. The lowest BCUT2D eigenvalue weighted by Gasteiger charge is -2.08. The number of hydrogen-bond acceptors (Lipinski definition) is 3. The average molecular weight is 304 g/mol. The van der Waals surface area contributed by atoms with Gasteiger partial charge in [-0.3, -0.25) is 4.79 Å². The van der Waals surface area contributed by atoms with Crippen molar-refractivity contribution in [3.05, 3.63) is 59.4 Å². The quantitative estimate of drug-likeness (QED) is 0.759. The number of hydrogen-bond donors (Lipinski definition) is 3. The Labute approximate surface area is 126 Å². The largest absolute Gasteiger partial charge is 0.507 e. The molecule has 0 aliphatic carbocycles. The van der Waals surface area contributed by atoms with E-state index >= 15 is 0 Å². The van der Waals surface area contributed by atoms with Gasteiger partial charge < -0.3 is 16.2 Å². The van der Waals surface area contributed by atoms with Gasteiger partial charge in [-0.15, -0.1) is 0 Å². The third-order valence-corrected chi connectivity index (χ3v) is 2.94. The summed E-state index contributed by atoms with van der Waals surface area (Å²) in [7, 11) is 0. The lowest BCUT2D eigenvalue weighted by Crippen LogP contribution is -2.13. The minimum absolute atomic E-state index is 0.123. The molecule has 2 aromatic rings. The Hall–Kier alpha value is -2.47. The summed E-state index contributed by atoms with van der Waals surface area (Å²) < 4.78 is 13.1. The number of thiocarbonyl (C=S) groups is 1. The summed E-state index contributed by atoms with van der Waals surface area (Å²) >= 11 is 4.82. The Morgan fingerprint density at radius 1 is 1.24 bits per heavy atom. The Kier molecular flexibility index (Phi) is 4.49. The van der Waals surface area contributed by atoms with Crippen molar-refractivity contribution >= 4 is 28.8 Å². The van der Waals surface area contributed by atoms with Gasteiger partial charge >= 0.3 is 0 Å². The molecule has 108 valence electrons. The molecule has 0 saturated heterocycles. The van der Waals surface area contributed by atoms with Crippen molar-refractivity contribution in [2.24, 2.45) is 5.73 Å². The van der Waals surface area contributed by atoms with Gasteiger partial charge in [0.05, 0.1) is 10.6 Å². The molecule has 0 spiro atoms. The average Bonchev–Trinajstić information content (AvgIpc) is 2.43. The number of nitrogens with one attached hydrogen (secondary N) is 1. The number of anilines is 1. The van der Waals surface area contributed by atoms with Crippen molar-refractivity contribution in [3.8, 4) is 5.75 Å². The summed E-state index contributed by atoms with van der Waals surface area (Å²) in [5.74, 6) is -1.46. The summed E-state index contributed by atoms with van der Waals surface area (Å²) in [6, 6.07) is 10.1. The van der Waals surface area contributed by atoms with Crippen LogP contribution >= 0.6 is 12.2 Å². The predicted octanol–water partition coefficient (Wildman–Crippen LogP) is 2.61. The van der Waals surface area contributed by atoms with E-state index in [0.29, 0.717) is 17.1 Å². The topological polar surface area (TPSA) is 75.3 Å². The normalized spacial score (nSPS) is 10.1. The maximum absolute atomic E-state index is 13.1. The first-order valence-electron chi connectivity index (χ1n) is 6.13. The fourth-order valence-electron chi connectivity index (χ4n) is 1.80. The van der Waals surface area contributed by atoms with E-state index in [4.69, 9.17) is 18.0 Å². The maximum atomic E-state index is 13.1. The number of amides is 1. The number of phenols is 1. The molecule has 21 heavy (non-hydrogen) atoms. The van der Waals surface area contributed by atoms with E-state index in [-0.39, 0.29) is 11.3 Å². The van der Waals surface area contributed by atoms with Gasteiger partial charge in [0.25, 0.3) is 5.91 Å². The summed E-state index contributed by atoms with van der Waals surface area (Å²) in [6.45, 7) is 0. The molecule has 0 aromatic heterocycles. The number of rotatable bonds is 4. The Balaban J connectivity index is 2.12. The molecular formula is C15H13FN2O2S. The second-order valence-electron chi connectivity index (χ2n) is 4.46. The zero-order valence-electron chi connectivity index (χ0n) is 11.0. The maximum Gasteiger partial charge on any atom is 0.259 e. The first-order valence-corrected chi connectivity index (χ1v) is 6.53. The highest BCUT2D eigenvalue weighted by molar-refractivity contribution is 7.80. The van der Waals surface area contributed by atoms with E-state index < -0.39 is 11.7 Å². The van der Waals surface area contributed by atoms with Crippen LogP contribution in [0.15, 0.2) is 42.5 Å². The van der Waals surface area contributed by atoms with Gasteiger partial charge in [0, 0.05) is 12.1 Å². The molecule has 0 bridgehead atoms. The number of aromatic hydroxyl groups is 1. The van der Waals surface area contributed by atoms with Crippen LogP contribution in [0.5, 0.6) is 5.75 Å². The van der Waals surface area contributed by atoms with Crippen LogP contribution in [0, 0.1) is 5.82 Å². The van der Waals surface area contributed by atoms with Gasteiger partial charge in [0.2, 0.25) is 0 Å². The molecule has 0 aliphatic heterocycles. The van der Waals surface area contributed by atoms with E-state index in [0.717, 1.165) is 23.8 Å². The van der Waals surface area contributed by atoms with Gasteiger partial charge in [-0.2, -0.15) is 0 Å². The number of halogens is 1. The molecule has 0 radical (unpaired) electrons. The highest BCUT2D eigenvalue weighted by Crippen LogP contribution is 2.20. The molecule has 2 rings (SSSR count). The van der Waals surface area contributed by atoms with Gasteiger partial charge in [0.1, 0.15) is 11.6 Å². The van der Waals surface area contributed by atoms with E-state index in [2.05, 4.69) is 5.32 Å². The fraction of sp³-hybridized carbons (Fsp3) is 0.0667. The minimum atomic E-state index is -0.593. The summed E-state index contributed by atoms with van der Waals surface area (Å²) in [6.07, 6.45) is 0.480. The molecule has 0 aliphatic rings. The predicted molar refractivity (Wildman–Crippen MR) is 82.9 cm³/mol. The third kappa shape index (κ3) is 4.00. The Morgan fingerprint density at radius 3 is 2.52 bits per heavy atom. The Morgan fingerprint density at radius 2 is 1.90 bits per heavy atom. The number of benzene rings is 2. The highest BCUT2D eigenvalue weighted by Gasteiger charge is 2.12. The van der Waals surface area contributed by atoms with Crippen molar-refractivity contribution in [2.45, 2.75) is 6.42 Å². The monoisotopic (exact) mass is 304 g/mol. The summed E-state index contributed by atoms with van der Waals surface area (Å²) in [5.41, 5.74) is 6.77. The lowest BCUT2D eigenvalue weighted by molar-refractivity contribution is 0.102. The SMILES string of the molecule is NC(=S)Cc1ccc(NC(=O)c2cc(F)ccc2O)cc1. The molecule has 2 aromatic carbocycles. The van der Waals surface area contributed by atoms with Crippen LogP contribution in [0.25, 0.3) is 0 Å². The van der Waals surface area contributed by atoms with E-state index in [1.165, 1.54) is 0 Å². The van der Waals surface area contributed by atoms with Crippen molar-refractivity contribution < 1.29 is 14.3 Å². The number of nitrogens with two attached hydrogens (primary N) is 1.